The van der Waals surface area contributed by atoms with Crippen molar-refractivity contribution < 1.29 is 4.79 Å². The van der Waals surface area contributed by atoms with Crippen LogP contribution in [0.4, 0.5) is 0 Å². The number of hydrogen-bond donors (Lipinski definition) is 1. The predicted octanol–water partition coefficient (Wildman–Crippen LogP) is 1.76. The third-order valence-electron chi connectivity index (χ3n) is 2.70. The monoisotopic (exact) mass is 276 g/mol. The topological polar surface area (TPSA) is 32.3 Å². The van der Waals surface area contributed by atoms with E-state index in [1.54, 1.807) is 0 Å². The molecule has 1 fully saturated rings. The maximum atomic E-state index is 11.5. The lowest BCUT2D eigenvalue weighted by atomic mass is 10.1. The van der Waals surface area contributed by atoms with E-state index in [2.05, 4.69) is 26.1 Å². The highest BCUT2D eigenvalue weighted by molar-refractivity contribution is 9.10. The van der Waals surface area contributed by atoms with Gasteiger partial charge in [-0.1, -0.05) is 22.4 Å². The third-order valence-corrected chi connectivity index (χ3v) is 3.06. The minimum atomic E-state index is -0.450. The maximum absolute atomic E-state index is 11.5. The van der Waals surface area contributed by atoms with E-state index < -0.39 is 4.32 Å². The summed E-state index contributed by atoms with van der Waals surface area (Å²) >= 11 is 3.34. The molecule has 1 aliphatic heterocycles. The molecule has 0 radical (unpaired) electrons. The van der Waals surface area contributed by atoms with E-state index in [9.17, 15) is 4.79 Å². The number of hydrogen-bond acceptors (Lipinski definition) is 2. The Morgan fingerprint density at radius 1 is 1.33 bits per heavy atom. The maximum Gasteiger partial charge on any atom is 0.236 e. The molecule has 0 saturated carbocycles. The van der Waals surface area contributed by atoms with Crippen molar-refractivity contribution in [3.05, 3.63) is 0 Å². The molecule has 1 heterocycles. The molecule has 0 bridgehead atoms. The second-order valence-electron chi connectivity index (χ2n) is 4.63. The molecule has 0 unspecified atom stereocenters. The van der Waals surface area contributed by atoms with E-state index in [1.165, 1.54) is 32.4 Å². The zero-order valence-corrected chi connectivity index (χ0v) is 11.3. The summed E-state index contributed by atoms with van der Waals surface area (Å²) in [7, 11) is 0. The Balaban J connectivity index is 2.12. The van der Waals surface area contributed by atoms with Crippen molar-refractivity contribution in [1.82, 2.24) is 10.2 Å². The van der Waals surface area contributed by atoms with Gasteiger partial charge in [-0.25, -0.2) is 0 Å². The highest BCUT2D eigenvalue weighted by Gasteiger charge is 2.22. The molecular weight excluding hydrogens is 256 g/mol. The molecule has 0 aliphatic carbocycles. The van der Waals surface area contributed by atoms with Gasteiger partial charge in [-0.05, 0) is 39.8 Å². The molecule has 0 spiro atoms. The lowest BCUT2D eigenvalue weighted by Crippen LogP contribution is -2.42. The molecule has 1 rings (SSSR count). The first-order valence-electron chi connectivity index (χ1n) is 5.70. The second-order valence-corrected chi connectivity index (χ2v) is 6.61. The SMILES string of the molecule is CC(C)(Br)C(=O)NCCN1CCCCC1. The predicted molar refractivity (Wildman–Crippen MR) is 66.3 cm³/mol. The molecule has 1 aliphatic rings. The molecule has 15 heavy (non-hydrogen) atoms. The number of halogens is 1. The Morgan fingerprint density at radius 3 is 2.47 bits per heavy atom. The van der Waals surface area contributed by atoms with Crippen molar-refractivity contribution >= 4 is 21.8 Å². The van der Waals surface area contributed by atoms with E-state index in [1.807, 2.05) is 13.8 Å². The lowest BCUT2D eigenvalue weighted by Gasteiger charge is -2.26. The van der Waals surface area contributed by atoms with Crippen LogP contribution in [0.2, 0.25) is 0 Å². The molecular formula is C11H21BrN2O. The molecule has 1 saturated heterocycles. The van der Waals surface area contributed by atoms with Gasteiger partial charge in [0.1, 0.15) is 0 Å². The average Bonchev–Trinajstić information content (AvgIpc) is 2.18. The van der Waals surface area contributed by atoms with E-state index in [0.29, 0.717) is 0 Å². The van der Waals surface area contributed by atoms with Gasteiger partial charge < -0.3 is 10.2 Å². The third kappa shape index (κ3) is 4.98. The van der Waals surface area contributed by atoms with Crippen LogP contribution in [0.25, 0.3) is 0 Å². The van der Waals surface area contributed by atoms with Crippen LogP contribution in [0.3, 0.4) is 0 Å². The van der Waals surface area contributed by atoms with Crippen LogP contribution in [0.15, 0.2) is 0 Å². The number of nitrogens with one attached hydrogen (secondary N) is 1. The number of piperidine rings is 1. The van der Waals surface area contributed by atoms with E-state index >= 15 is 0 Å². The summed E-state index contributed by atoms with van der Waals surface area (Å²) in [6.45, 7) is 7.84. The summed E-state index contributed by atoms with van der Waals surface area (Å²) in [4.78, 5) is 14.0. The number of alkyl halides is 1. The number of carbonyl (C=O) groups is 1. The zero-order valence-electron chi connectivity index (χ0n) is 9.68. The van der Waals surface area contributed by atoms with Crippen molar-refractivity contribution in [3.63, 3.8) is 0 Å². The van der Waals surface area contributed by atoms with Crippen LogP contribution in [0, 0.1) is 0 Å². The molecule has 1 N–H and O–H groups in total. The van der Waals surface area contributed by atoms with Crippen LogP contribution < -0.4 is 5.32 Å². The zero-order chi connectivity index (χ0) is 11.3. The number of likely N-dealkylation sites (tertiary alicyclic amines) is 1. The lowest BCUT2D eigenvalue weighted by molar-refractivity contribution is -0.122. The van der Waals surface area contributed by atoms with Gasteiger partial charge in [-0.3, -0.25) is 4.79 Å². The Kier molecular flexibility index (Phi) is 5.06. The molecule has 0 atom stereocenters. The van der Waals surface area contributed by atoms with E-state index in [-0.39, 0.29) is 5.91 Å². The number of nitrogens with zero attached hydrogens (tertiary/aromatic N) is 1. The summed E-state index contributed by atoms with van der Waals surface area (Å²) in [5.41, 5.74) is 0. The molecule has 4 heteroatoms. The highest BCUT2D eigenvalue weighted by Crippen LogP contribution is 2.15. The first kappa shape index (κ1) is 13.0. The second kappa shape index (κ2) is 5.85. The minimum Gasteiger partial charge on any atom is -0.354 e. The molecule has 3 nitrogen and oxygen atoms in total. The Bertz CT molecular complexity index is 207. The summed E-state index contributed by atoms with van der Waals surface area (Å²) in [6.07, 6.45) is 3.97. The quantitative estimate of drug-likeness (QED) is 0.794. The molecule has 88 valence electrons. The van der Waals surface area contributed by atoms with Gasteiger partial charge in [0.2, 0.25) is 5.91 Å². The van der Waals surface area contributed by atoms with Gasteiger partial charge in [0.15, 0.2) is 0 Å². The van der Waals surface area contributed by atoms with Gasteiger partial charge in [0.25, 0.3) is 0 Å². The fraction of sp³-hybridized carbons (Fsp3) is 0.909. The fourth-order valence-electron chi connectivity index (χ4n) is 1.72. The highest BCUT2D eigenvalue weighted by atomic mass is 79.9. The van der Waals surface area contributed by atoms with Gasteiger partial charge in [0, 0.05) is 13.1 Å². The average molecular weight is 277 g/mol. The van der Waals surface area contributed by atoms with E-state index in [0.717, 1.165) is 13.1 Å². The minimum absolute atomic E-state index is 0.0690. The number of rotatable bonds is 4. The van der Waals surface area contributed by atoms with Gasteiger partial charge in [0.05, 0.1) is 4.32 Å². The van der Waals surface area contributed by atoms with Crippen LogP contribution in [-0.4, -0.2) is 41.3 Å². The van der Waals surface area contributed by atoms with Gasteiger partial charge in [-0.15, -0.1) is 0 Å². The standard InChI is InChI=1S/C11H21BrN2O/c1-11(2,12)10(15)13-6-9-14-7-4-3-5-8-14/h3-9H2,1-2H3,(H,13,15). The van der Waals surface area contributed by atoms with Crippen molar-refractivity contribution in [2.75, 3.05) is 26.2 Å². The largest absolute Gasteiger partial charge is 0.354 e. The molecule has 1 amide bonds. The van der Waals surface area contributed by atoms with Crippen molar-refractivity contribution in [1.29, 1.82) is 0 Å². The Hall–Kier alpha value is -0.0900. The summed E-state index contributed by atoms with van der Waals surface area (Å²) < 4.78 is -0.450. The van der Waals surface area contributed by atoms with Crippen LogP contribution in [0.5, 0.6) is 0 Å². The normalized spacial score (nSPS) is 18.9. The first-order chi connectivity index (χ1) is 7.00. The van der Waals surface area contributed by atoms with Crippen LogP contribution >= 0.6 is 15.9 Å². The molecule has 0 aromatic rings. The van der Waals surface area contributed by atoms with Crippen LogP contribution in [0.1, 0.15) is 33.1 Å². The molecule has 0 aromatic heterocycles. The smallest absolute Gasteiger partial charge is 0.236 e. The fourth-order valence-corrected chi connectivity index (χ4v) is 1.86. The number of amides is 1. The first-order valence-corrected chi connectivity index (χ1v) is 6.49. The molecule has 0 aromatic carbocycles. The van der Waals surface area contributed by atoms with E-state index in [4.69, 9.17) is 0 Å². The summed E-state index contributed by atoms with van der Waals surface area (Å²) in [6, 6.07) is 0. The van der Waals surface area contributed by atoms with Gasteiger partial charge in [-0.2, -0.15) is 0 Å². The van der Waals surface area contributed by atoms with Crippen molar-refractivity contribution in [2.24, 2.45) is 0 Å². The summed E-state index contributed by atoms with van der Waals surface area (Å²) in [5, 5.41) is 2.94. The van der Waals surface area contributed by atoms with Crippen LogP contribution in [-0.2, 0) is 4.79 Å². The van der Waals surface area contributed by atoms with Crippen molar-refractivity contribution in [2.45, 2.75) is 37.4 Å². The Labute approximate surface area is 101 Å². The number of carbonyl (C=O) groups excluding carboxylic acids is 1. The Morgan fingerprint density at radius 2 is 1.93 bits per heavy atom. The summed E-state index contributed by atoms with van der Waals surface area (Å²) in [5.74, 6) is 0.0690. The van der Waals surface area contributed by atoms with Crippen molar-refractivity contribution in [3.8, 4) is 0 Å². The van der Waals surface area contributed by atoms with Gasteiger partial charge >= 0.3 is 0 Å².